The lowest BCUT2D eigenvalue weighted by atomic mass is 10.1. The van der Waals surface area contributed by atoms with E-state index in [0.717, 1.165) is 11.4 Å². The molecule has 1 amide bonds. The van der Waals surface area contributed by atoms with Gasteiger partial charge in [0.15, 0.2) is 5.84 Å². The van der Waals surface area contributed by atoms with Crippen LogP contribution in [0.1, 0.15) is 21.7 Å². The molecule has 114 valence electrons. The highest BCUT2D eigenvalue weighted by Gasteiger charge is 2.23. The maximum Gasteiger partial charge on any atom is 0.255 e. The van der Waals surface area contributed by atoms with Crippen LogP contribution in [0, 0.1) is 13.8 Å². The molecule has 2 rings (SSSR count). The van der Waals surface area contributed by atoms with E-state index in [1.807, 2.05) is 30.9 Å². The van der Waals surface area contributed by atoms with Crippen LogP contribution in [0.15, 0.2) is 17.3 Å². The highest BCUT2D eigenvalue weighted by Crippen LogP contribution is 2.12. The van der Waals surface area contributed by atoms with E-state index in [1.165, 1.54) is 0 Å². The van der Waals surface area contributed by atoms with Crippen LogP contribution in [-0.4, -0.2) is 64.5 Å². The standard InChI is InChI=1S/C14H21N5O2/c1-10-3-4-12(11(2)16-10)14(20)19-7-5-18(6-8-19)9-13(15)17-21/h3-4,21H,5-9H2,1-2H3,(H2,15,17). The quantitative estimate of drug-likeness (QED) is 0.359. The minimum Gasteiger partial charge on any atom is -0.409 e. The molecule has 0 spiro atoms. The third-order valence-electron chi connectivity index (χ3n) is 3.63. The van der Waals surface area contributed by atoms with Gasteiger partial charge in [0.1, 0.15) is 0 Å². The highest BCUT2D eigenvalue weighted by atomic mass is 16.4. The van der Waals surface area contributed by atoms with Gasteiger partial charge >= 0.3 is 0 Å². The summed E-state index contributed by atoms with van der Waals surface area (Å²) in [5, 5.41) is 11.5. The van der Waals surface area contributed by atoms with Crippen LogP contribution in [0.3, 0.4) is 0 Å². The molecule has 1 aliphatic rings. The maximum atomic E-state index is 12.5. The predicted octanol–water partition coefficient (Wildman–Crippen LogP) is 0.203. The van der Waals surface area contributed by atoms with Crippen molar-refractivity contribution in [3.63, 3.8) is 0 Å². The van der Waals surface area contributed by atoms with Crippen LogP contribution >= 0.6 is 0 Å². The van der Waals surface area contributed by atoms with Crippen LogP contribution in [0.2, 0.25) is 0 Å². The van der Waals surface area contributed by atoms with Gasteiger partial charge < -0.3 is 15.8 Å². The van der Waals surface area contributed by atoms with E-state index >= 15 is 0 Å². The first-order valence-corrected chi connectivity index (χ1v) is 6.93. The molecule has 0 unspecified atom stereocenters. The lowest BCUT2D eigenvalue weighted by Gasteiger charge is -2.34. The van der Waals surface area contributed by atoms with Crippen molar-refractivity contribution in [1.29, 1.82) is 0 Å². The van der Waals surface area contributed by atoms with Gasteiger partial charge in [-0.15, -0.1) is 0 Å². The molecule has 0 atom stereocenters. The maximum absolute atomic E-state index is 12.5. The molecule has 0 saturated carbocycles. The first-order valence-electron chi connectivity index (χ1n) is 6.93. The number of pyridine rings is 1. The number of nitrogens with two attached hydrogens (primary N) is 1. The van der Waals surface area contributed by atoms with Gasteiger partial charge in [-0.2, -0.15) is 0 Å². The fourth-order valence-corrected chi connectivity index (χ4v) is 2.45. The Morgan fingerprint density at radius 3 is 2.57 bits per heavy atom. The third kappa shape index (κ3) is 3.69. The third-order valence-corrected chi connectivity index (χ3v) is 3.63. The highest BCUT2D eigenvalue weighted by molar-refractivity contribution is 5.95. The summed E-state index contributed by atoms with van der Waals surface area (Å²) in [5.41, 5.74) is 7.82. The largest absolute Gasteiger partial charge is 0.409 e. The van der Waals surface area contributed by atoms with Crippen molar-refractivity contribution in [3.8, 4) is 0 Å². The number of carbonyl (C=O) groups is 1. The predicted molar refractivity (Wildman–Crippen MR) is 79.5 cm³/mol. The topological polar surface area (TPSA) is 95.1 Å². The summed E-state index contributed by atoms with van der Waals surface area (Å²) in [6.07, 6.45) is 0. The lowest BCUT2D eigenvalue weighted by molar-refractivity contribution is 0.0652. The molecule has 1 aromatic rings. The molecular weight excluding hydrogens is 270 g/mol. The number of aromatic nitrogens is 1. The molecule has 1 aromatic heterocycles. The van der Waals surface area contributed by atoms with Gasteiger partial charge in [0.2, 0.25) is 0 Å². The summed E-state index contributed by atoms with van der Waals surface area (Å²) < 4.78 is 0. The second-order valence-electron chi connectivity index (χ2n) is 5.25. The normalized spacial score (nSPS) is 17.0. The van der Waals surface area contributed by atoms with Crippen molar-refractivity contribution in [3.05, 3.63) is 29.1 Å². The van der Waals surface area contributed by atoms with E-state index in [1.54, 1.807) is 0 Å². The van der Waals surface area contributed by atoms with Gasteiger partial charge in [0, 0.05) is 31.9 Å². The summed E-state index contributed by atoms with van der Waals surface area (Å²) in [5.74, 6) is 0.205. The molecule has 3 N–H and O–H groups in total. The number of piperazine rings is 1. The number of nitrogens with zero attached hydrogens (tertiary/aromatic N) is 4. The Hall–Kier alpha value is -2.15. The van der Waals surface area contributed by atoms with Crippen molar-refractivity contribution in [2.75, 3.05) is 32.7 Å². The monoisotopic (exact) mass is 291 g/mol. The van der Waals surface area contributed by atoms with Gasteiger partial charge in [-0.1, -0.05) is 5.16 Å². The molecule has 0 radical (unpaired) electrons. The number of oxime groups is 1. The molecule has 7 heteroatoms. The number of hydrogen-bond acceptors (Lipinski definition) is 5. The van der Waals surface area contributed by atoms with Crippen molar-refractivity contribution in [1.82, 2.24) is 14.8 Å². The molecule has 1 aliphatic heterocycles. The van der Waals surface area contributed by atoms with Crippen molar-refractivity contribution >= 4 is 11.7 Å². The molecule has 7 nitrogen and oxygen atoms in total. The zero-order chi connectivity index (χ0) is 15.4. The molecule has 0 bridgehead atoms. The Bertz CT molecular complexity index is 550. The Labute approximate surface area is 124 Å². The first-order chi connectivity index (χ1) is 10.0. The van der Waals surface area contributed by atoms with E-state index in [2.05, 4.69) is 15.0 Å². The van der Waals surface area contributed by atoms with Crippen molar-refractivity contribution < 1.29 is 10.0 Å². The average Bonchev–Trinajstić information content (AvgIpc) is 2.47. The van der Waals surface area contributed by atoms with Crippen molar-refractivity contribution in [2.45, 2.75) is 13.8 Å². The number of amides is 1. The van der Waals surface area contributed by atoms with Crippen LogP contribution < -0.4 is 5.73 Å². The second kappa shape index (κ2) is 6.53. The zero-order valence-corrected chi connectivity index (χ0v) is 12.4. The summed E-state index contributed by atoms with van der Waals surface area (Å²) in [6.45, 7) is 6.86. The summed E-state index contributed by atoms with van der Waals surface area (Å²) in [4.78, 5) is 20.7. The molecule has 2 heterocycles. The summed E-state index contributed by atoms with van der Waals surface area (Å²) in [6, 6.07) is 3.69. The van der Waals surface area contributed by atoms with Crippen LogP contribution in [-0.2, 0) is 0 Å². The van der Waals surface area contributed by atoms with Crippen molar-refractivity contribution in [2.24, 2.45) is 10.9 Å². The van der Waals surface area contributed by atoms with E-state index in [4.69, 9.17) is 10.9 Å². The Morgan fingerprint density at radius 2 is 2.00 bits per heavy atom. The summed E-state index contributed by atoms with van der Waals surface area (Å²) >= 11 is 0. The van der Waals surface area contributed by atoms with Crippen LogP contribution in [0.5, 0.6) is 0 Å². The first kappa shape index (κ1) is 15.2. The Kier molecular flexibility index (Phi) is 4.74. The van der Waals surface area contributed by atoms with E-state index in [-0.39, 0.29) is 11.7 Å². The minimum atomic E-state index is 0.0171. The molecule has 21 heavy (non-hydrogen) atoms. The van der Waals surface area contributed by atoms with E-state index in [0.29, 0.717) is 38.3 Å². The molecule has 1 saturated heterocycles. The number of amidine groups is 1. The smallest absolute Gasteiger partial charge is 0.255 e. The summed E-state index contributed by atoms with van der Waals surface area (Å²) in [7, 11) is 0. The number of carbonyl (C=O) groups excluding carboxylic acids is 1. The molecule has 0 aromatic carbocycles. The fourth-order valence-electron chi connectivity index (χ4n) is 2.45. The molecule has 1 fully saturated rings. The van der Waals surface area contributed by atoms with Gasteiger partial charge in [-0.25, -0.2) is 0 Å². The van der Waals surface area contributed by atoms with E-state index < -0.39 is 0 Å². The second-order valence-corrected chi connectivity index (χ2v) is 5.25. The molecular formula is C14H21N5O2. The number of aryl methyl sites for hydroxylation is 2. The van der Waals surface area contributed by atoms with E-state index in [9.17, 15) is 4.79 Å². The van der Waals surface area contributed by atoms with Gasteiger partial charge in [0.25, 0.3) is 5.91 Å². The SMILES string of the molecule is Cc1ccc(C(=O)N2CCN(CC(N)=NO)CC2)c(C)n1. The lowest BCUT2D eigenvalue weighted by Crippen LogP contribution is -2.50. The number of hydrogen-bond donors (Lipinski definition) is 2. The Balaban J connectivity index is 1.97. The van der Waals surface area contributed by atoms with Gasteiger partial charge in [-0.05, 0) is 26.0 Å². The van der Waals surface area contributed by atoms with Crippen LogP contribution in [0.4, 0.5) is 0 Å². The number of rotatable bonds is 3. The zero-order valence-electron chi connectivity index (χ0n) is 12.4. The Morgan fingerprint density at radius 1 is 1.33 bits per heavy atom. The minimum absolute atomic E-state index is 0.0171. The van der Waals surface area contributed by atoms with Crippen LogP contribution in [0.25, 0.3) is 0 Å². The fraction of sp³-hybridized carbons (Fsp3) is 0.500. The van der Waals surface area contributed by atoms with Gasteiger partial charge in [0.05, 0.1) is 17.8 Å². The molecule has 0 aliphatic carbocycles. The average molecular weight is 291 g/mol. The van der Waals surface area contributed by atoms with Gasteiger partial charge in [-0.3, -0.25) is 14.7 Å².